The largest absolute Gasteiger partial charge is 0.489 e. The number of rotatable bonds is 7. The van der Waals surface area contributed by atoms with Crippen LogP contribution < -0.4 is 15.5 Å². The van der Waals surface area contributed by atoms with Crippen molar-refractivity contribution < 1.29 is 18.7 Å². The Labute approximate surface area is 211 Å². The Bertz CT molecular complexity index is 1350. The SMILES string of the molecule is O=C(N/N=C/c1ccc(-c2ccc(Cl)c(Cl)c2)o1)C(=O)Nc1ccc(OCc2ccccc2)cc1. The number of amides is 2. The van der Waals surface area contributed by atoms with Gasteiger partial charge in [-0.25, -0.2) is 5.43 Å². The Hall–Kier alpha value is -4.07. The summed E-state index contributed by atoms with van der Waals surface area (Å²) in [6.45, 7) is 0.428. The number of nitrogens with one attached hydrogen (secondary N) is 2. The summed E-state index contributed by atoms with van der Waals surface area (Å²) in [6, 6.07) is 24.9. The van der Waals surface area contributed by atoms with E-state index in [0.717, 1.165) is 11.1 Å². The number of ether oxygens (including phenoxy) is 1. The number of nitrogens with zero attached hydrogens (tertiary/aromatic N) is 1. The third kappa shape index (κ3) is 6.72. The third-order valence-corrected chi connectivity index (χ3v) is 5.49. The zero-order valence-electron chi connectivity index (χ0n) is 18.2. The van der Waals surface area contributed by atoms with E-state index in [1.165, 1.54) is 6.21 Å². The van der Waals surface area contributed by atoms with Gasteiger partial charge < -0.3 is 14.5 Å². The summed E-state index contributed by atoms with van der Waals surface area (Å²) in [5.41, 5.74) is 4.38. The number of hydrogen-bond acceptors (Lipinski definition) is 5. The third-order valence-electron chi connectivity index (χ3n) is 4.76. The fraction of sp³-hybridized carbons (Fsp3) is 0.0385. The van der Waals surface area contributed by atoms with Gasteiger partial charge in [-0.1, -0.05) is 53.5 Å². The van der Waals surface area contributed by atoms with Crippen molar-refractivity contribution in [3.63, 3.8) is 0 Å². The van der Waals surface area contributed by atoms with Crippen LogP contribution in [0.5, 0.6) is 5.75 Å². The normalized spacial score (nSPS) is 10.8. The molecule has 1 heterocycles. The first-order valence-corrected chi connectivity index (χ1v) is 11.2. The van der Waals surface area contributed by atoms with Gasteiger partial charge in [-0.2, -0.15) is 5.10 Å². The Kier molecular flexibility index (Phi) is 7.82. The summed E-state index contributed by atoms with van der Waals surface area (Å²) in [5, 5.41) is 7.11. The Balaban J connectivity index is 1.26. The summed E-state index contributed by atoms with van der Waals surface area (Å²) in [4.78, 5) is 24.2. The zero-order valence-corrected chi connectivity index (χ0v) is 19.7. The Morgan fingerprint density at radius 2 is 1.66 bits per heavy atom. The van der Waals surface area contributed by atoms with Crippen LogP contribution in [0.3, 0.4) is 0 Å². The van der Waals surface area contributed by atoms with E-state index in [1.807, 2.05) is 30.3 Å². The van der Waals surface area contributed by atoms with Gasteiger partial charge in [-0.05, 0) is 60.2 Å². The molecule has 0 radical (unpaired) electrons. The van der Waals surface area contributed by atoms with Gasteiger partial charge >= 0.3 is 11.8 Å². The van der Waals surface area contributed by atoms with E-state index in [0.29, 0.717) is 39.6 Å². The molecule has 9 heteroatoms. The second kappa shape index (κ2) is 11.4. The average Bonchev–Trinajstić information content (AvgIpc) is 3.35. The summed E-state index contributed by atoms with van der Waals surface area (Å²) in [6.07, 6.45) is 1.28. The van der Waals surface area contributed by atoms with Crippen molar-refractivity contribution in [2.75, 3.05) is 5.32 Å². The van der Waals surface area contributed by atoms with Crippen LogP contribution in [0.15, 0.2) is 94.4 Å². The lowest BCUT2D eigenvalue weighted by atomic mass is 10.2. The predicted octanol–water partition coefficient (Wildman–Crippen LogP) is 5.92. The molecule has 0 bridgehead atoms. The fourth-order valence-corrected chi connectivity index (χ4v) is 3.29. The Morgan fingerprint density at radius 1 is 0.886 bits per heavy atom. The maximum Gasteiger partial charge on any atom is 0.329 e. The molecule has 1 aromatic heterocycles. The van der Waals surface area contributed by atoms with Gasteiger partial charge in [0.15, 0.2) is 0 Å². The number of benzene rings is 3. The number of halogens is 2. The highest BCUT2D eigenvalue weighted by molar-refractivity contribution is 6.42. The molecule has 0 fully saturated rings. The maximum atomic E-state index is 12.1. The molecule has 0 spiro atoms. The lowest BCUT2D eigenvalue weighted by Crippen LogP contribution is -2.32. The van der Waals surface area contributed by atoms with E-state index in [9.17, 15) is 9.59 Å². The van der Waals surface area contributed by atoms with Gasteiger partial charge in [0, 0.05) is 11.3 Å². The lowest BCUT2D eigenvalue weighted by Gasteiger charge is -2.08. The van der Waals surface area contributed by atoms with E-state index in [1.54, 1.807) is 54.6 Å². The molecule has 0 aliphatic rings. The molecule has 2 N–H and O–H groups in total. The highest BCUT2D eigenvalue weighted by Crippen LogP contribution is 2.29. The van der Waals surface area contributed by atoms with E-state index in [4.69, 9.17) is 32.4 Å². The number of furan rings is 1. The number of carbonyl (C=O) groups excluding carboxylic acids is 2. The predicted molar refractivity (Wildman–Crippen MR) is 136 cm³/mol. The molecule has 2 amide bonds. The summed E-state index contributed by atoms with van der Waals surface area (Å²) in [5.74, 6) is -0.235. The number of hydrazone groups is 1. The van der Waals surface area contributed by atoms with Crippen LogP contribution in [0.25, 0.3) is 11.3 Å². The minimum absolute atomic E-state index is 0.373. The molecule has 176 valence electrons. The monoisotopic (exact) mass is 507 g/mol. The van der Waals surface area contributed by atoms with Gasteiger partial charge in [-0.15, -0.1) is 0 Å². The summed E-state index contributed by atoms with van der Waals surface area (Å²) < 4.78 is 11.4. The van der Waals surface area contributed by atoms with Gasteiger partial charge in [0.1, 0.15) is 23.9 Å². The minimum atomic E-state index is -0.929. The zero-order chi connectivity index (χ0) is 24.6. The molecule has 0 aliphatic heterocycles. The van der Waals surface area contributed by atoms with Crippen molar-refractivity contribution in [2.24, 2.45) is 5.10 Å². The molecule has 0 atom stereocenters. The van der Waals surface area contributed by atoms with Crippen molar-refractivity contribution >= 4 is 46.9 Å². The van der Waals surface area contributed by atoms with E-state index in [-0.39, 0.29) is 0 Å². The van der Waals surface area contributed by atoms with Crippen molar-refractivity contribution in [1.29, 1.82) is 0 Å². The van der Waals surface area contributed by atoms with E-state index in [2.05, 4.69) is 15.8 Å². The molecule has 0 aliphatic carbocycles. The first-order valence-electron chi connectivity index (χ1n) is 10.4. The van der Waals surface area contributed by atoms with Crippen molar-refractivity contribution in [1.82, 2.24) is 5.43 Å². The van der Waals surface area contributed by atoms with E-state index >= 15 is 0 Å². The second-order valence-corrected chi connectivity index (χ2v) is 8.10. The van der Waals surface area contributed by atoms with Crippen LogP contribution in [-0.2, 0) is 16.2 Å². The van der Waals surface area contributed by atoms with Gasteiger partial charge in [-0.3, -0.25) is 9.59 Å². The molecular weight excluding hydrogens is 489 g/mol. The van der Waals surface area contributed by atoms with Crippen LogP contribution in [0, 0.1) is 0 Å². The van der Waals surface area contributed by atoms with Crippen LogP contribution in [0.1, 0.15) is 11.3 Å². The summed E-state index contributed by atoms with van der Waals surface area (Å²) in [7, 11) is 0. The maximum absolute atomic E-state index is 12.1. The van der Waals surface area contributed by atoms with Gasteiger partial charge in [0.2, 0.25) is 0 Å². The van der Waals surface area contributed by atoms with Gasteiger partial charge in [0.05, 0.1) is 16.3 Å². The molecule has 3 aromatic carbocycles. The number of hydrogen-bond donors (Lipinski definition) is 2. The fourth-order valence-electron chi connectivity index (χ4n) is 3.00. The van der Waals surface area contributed by atoms with Crippen LogP contribution in [0.4, 0.5) is 5.69 Å². The topological polar surface area (TPSA) is 92.9 Å². The highest BCUT2D eigenvalue weighted by Gasteiger charge is 2.13. The summed E-state index contributed by atoms with van der Waals surface area (Å²) >= 11 is 12.0. The highest BCUT2D eigenvalue weighted by atomic mass is 35.5. The average molecular weight is 508 g/mol. The van der Waals surface area contributed by atoms with Crippen LogP contribution in [0.2, 0.25) is 10.0 Å². The molecule has 7 nitrogen and oxygen atoms in total. The van der Waals surface area contributed by atoms with Crippen molar-refractivity contribution in [3.05, 3.63) is 106 Å². The number of anilines is 1. The Morgan fingerprint density at radius 3 is 2.40 bits per heavy atom. The van der Waals surface area contributed by atoms with Crippen LogP contribution >= 0.6 is 23.2 Å². The molecular formula is C26H19Cl2N3O4. The van der Waals surface area contributed by atoms with Crippen LogP contribution in [-0.4, -0.2) is 18.0 Å². The van der Waals surface area contributed by atoms with Crippen molar-refractivity contribution in [2.45, 2.75) is 6.61 Å². The molecule has 0 saturated carbocycles. The first-order chi connectivity index (χ1) is 17.0. The quantitative estimate of drug-likeness (QED) is 0.184. The van der Waals surface area contributed by atoms with E-state index < -0.39 is 11.8 Å². The standard InChI is InChI=1S/C26H19Cl2N3O4/c27-22-12-6-18(14-23(22)28)24-13-11-21(35-24)15-29-31-26(33)25(32)30-19-7-9-20(10-8-19)34-16-17-4-2-1-3-5-17/h1-15H,16H2,(H,30,32)(H,31,33)/b29-15+. The molecule has 0 unspecified atom stereocenters. The lowest BCUT2D eigenvalue weighted by molar-refractivity contribution is -0.136. The second-order valence-electron chi connectivity index (χ2n) is 7.28. The van der Waals surface area contributed by atoms with Gasteiger partial charge in [0.25, 0.3) is 0 Å². The minimum Gasteiger partial charge on any atom is -0.489 e. The molecule has 35 heavy (non-hydrogen) atoms. The molecule has 4 aromatic rings. The smallest absolute Gasteiger partial charge is 0.329 e. The first kappa shape index (κ1) is 24.1. The number of carbonyl (C=O) groups is 2. The molecule has 0 saturated heterocycles. The van der Waals surface area contributed by atoms with Crippen molar-refractivity contribution in [3.8, 4) is 17.1 Å². The molecule has 4 rings (SSSR count).